The Labute approximate surface area is 563 Å². The molecule has 0 rings (SSSR count). The fourth-order valence-electron chi connectivity index (χ4n) is 3.62. The third kappa shape index (κ3) is 22.3. The maximum Gasteiger partial charge on any atom is 0.253 e. The van der Waals surface area contributed by atoms with Gasteiger partial charge in [0.1, 0.15) is 8.70 Å². The first-order valence-electron chi connectivity index (χ1n) is 12.9. The molecule has 4 radical (unpaired) electrons. The second kappa shape index (κ2) is 33.5. The highest BCUT2D eigenvalue weighted by Crippen LogP contribution is 2.30. The molecule has 0 atom stereocenters. The molecule has 3 nitrogen and oxygen atoms in total. The molecule has 0 heterocycles. The smallest absolute Gasteiger partial charge is 0.253 e. The average Bonchev–Trinajstić information content (AvgIpc) is 3.04. The van der Waals surface area contributed by atoms with Crippen molar-refractivity contribution in [2.75, 3.05) is 0 Å². The van der Waals surface area contributed by atoms with Gasteiger partial charge in [-0.25, -0.2) is 0 Å². The average molecular weight is 2840 g/mol. The maximum absolute atomic E-state index is 6.92. The van der Waals surface area contributed by atoms with Crippen molar-refractivity contribution in [3.8, 4) is 0 Å². The number of nitrogens with two attached hydrogens (primary N) is 2. The van der Waals surface area contributed by atoms with Crippen molar-refractivity contribution >= 4 is 564 Å². The summed E-state index contributed by atoms with van der Waals surface area (Å²) >= 11 is 51.9. The molecule has 5 N–H and O–H groups in total. The van der Waals surface area contributed by atoms with Crippen LogP contribution in [0.4, 0.5) is 0 Å². The van der Waals surface area contributed by atoms with Gasteiger partial charge in [-0.05, 0) is 0 Å². The lowest BCUT2D eigenvalue weighted by Crippen LogP contribution is -2.68. The first-order chi connectivity index (χ1) is 21.3. The Morgan fingerprint density at radius 1 is 0.277 bits per heavy atom. The van der Waals surface area contributed by atoms with Crippen LogP contribution in [0, 0.1) is 0 Å². The van der Waals surface area contributed by atoms with E-state index in [1.54, 1.807) is 0 Å². The number of rotatable bonds is 22. The minimum atomic E-state index is 0.108. The molecule has 0 saturated heterocycles. The topological polar surface area (TPSA) is 64.1 Å². The van der Waals surface area contributed by atoms with E-state index in [4.69, 9.17) is 26.8 Å². The zero-order valence-corrected chi connectivity index (χ0v) is 66.2. The first kappa shape index (κ1) is 63.0. The van der Waals surface area contributed by atoms with E-state index in [0.29, 0.717) is 78.8 Å². The fraction of sp³-hybridized carbons (Fsp3) is 0. The lowest BCUT2D eigenvalue weighted by molar-refractivity contribution is 1.64. The lowest BCUT2D eigenvalue weighted by Gasteiger charge is -2.28. The number of hydrogen-bond acceptors (Lipinski definition) is 3. The minimum Gasteiger partial charge on any atom is -0.391 e. The summed E-state index contributed by atoms with van der Waals surface area (Å²) in [5.41, 5.74) is 13.8. The molecule has 0 aliphatic heterocycles. The van der Waals surface area contributed by atoms with Gasteiger partial charge in [0, 0.05) is 15.5 Å². The predicted molar refractivity (Wildman–Crippen MR) is 430 cm³/mol. The van der Waals surface area contributed by atoms with Crippen LogP contribution in [-0.4, -0.2) is 116 Å². The van der Waals surface area contributed by atoms with Crippen molar-refractivity contribution < 1.29 is 0 Å². The number of hydrogen-bond donors (Lipinski definition) is 3. The van der Waals surface area contributed by atoms with Gasteiger partial charge in [-0.3, -0.25) is 0 Å². The molecule has 0 amide bonds. The Morgan fingerprint density at radius 2 is 0.447 bits per heavy atom. The first-order valence-corrected chi connectivity index (χ1v) is 37.9. The number of nitrogens with one attached hydrogen (secondary N) is 1. The van der Waals surface area contributed by atoms with Crippen molar-refractivity contribution in [1.82, 2.24) is 5.14 Å². The molecule has 0 unspecified atom stereocenters. The van der Waals surface area contributed by atoms with E-state index < -0.39 is 0 Å². The third-order valence-corrected chi connectivity index (χ3v) is 57.3. The molecule has 0 aliphatic carbocycles. The third-order valence-electron chi connectivity index (χ3n) is 6.61. The maximum atomic E-state index is 6.92. The van der Waals surface area contributed by atoms with Crippen LogP contribution in [0.25, 0.3) is 0 Å². The van der Waals surface area contributed by atoms with E-state index in [0.717, 1.165) is 0 Å². The van der Waals surface area contributed by atoms with Crippen LogP contribution >= 0.6 is 447 Å². The van der Waals surface area contributed by atoms with Crippen LogP contribution < -0.4 is 16.4 Å². The van der Waals surface area contributed by atoms with E-state index in [1.807, 2.05) is 0 Å². The van der Waals surface area contributed by atoms with Gasteiger partial charge in [0.15, 0.2) is 82.9 Å². The van der Waals surface area contributed by atoms with E-state index in [2.05, 4.69) is 453 Å². The standard InChI is InChI=1S/B24H5I20N3/c1-3(25)5(27)7(29)15(37)21(45)17(39)11(33)9(31)13(35)19(41)23(43)47-24(44)20(42)14(36)10(32)12(34)18(40)22(46)16(38)8(30)6(28)4(2)26/h47H,45-46H2. The Morgan fingerprint density at radius 3 is 0.660 bits per heavy atom. The molecule has 0 fully saturated rings. The molecule has 0 aromatic heterocycles. The lowest BCUT2D eigenvalue weighted by atomic mass is 8.83. The van der Waals surface area contributed by atoms with Gasteiger partial charge in [-0.15, -0.1) is 44.7 Å². The summed E-state index contributed by atoms with van der Waals surface area (Å²) in [6.45, 7) is 0.216. The molecule has 0 saturated carbocycles. The van der Waals surface area contributed by atoms with Gasteiger partial charge < -0.3 is 16.4 Å². The molecule has 47 heteroatoms. The zero-order valence-electron chi connectivity index (χ0n) is 23.1. The Bertz CT molecular complexity index is 803. The van der Waals surface area contributed by atoms with Crippen molar-refractivity contribution in [3.05, 3.63) is 0 Å². The van der Waals surface area contributed by atoms with Crippen molar-refractivity contribution in [2.24, 2.45) is 11.3 Å². The van der Waals surface area contributed by atoms with Gasteiger partial charge in [0.25, 0.3) is 9.19 Å². The largest absolute Gasteiger partial charge is 0.391 e. The summed E-state index contributed by atoms with van der Waals surface area (Å²) in [5.74, 6) is 0. The molecule has 232 valence electrons. The van der Waals surface area contributed by atoms with Crippen LogP contribution in [0.1, 0.15) is 0 Å². The van der Waals surface area contributed by atoms with Crippen molar-refractivity contribution in [3.63, 3.8) is 0 Å². The van der Waals surface area contributed by atoms with Gasteiger partial charge in [-0.1, -0.05) is 0 Å². The summed E-state index contributed by atoms with van der Waals surface area (Å²) < 4.78 is 7.84. The highest BCUT2D eigenvalue weighted by Gasteiger charge is 2.54. The summed E-state index contributed by atoms with van der Waals surface area (Å²) in [4.78, 5) is 0. The Hall–Kier alpha value is 16.0. The van der Waals surface area contributed by atoms with E-state index in [-0.39, 0.29) is 22.0 Å². The van der Waals surface area contributed by atoms with E-state index >= 15 is 0 Å². The van der Waals surface area contributed by atoms with Gasteiger partial charge in [0.05, 0.1) is 0 Å². The van der Waals surface area contributed by atoms with Crippen LogP contribution in [0.5, 0.6) is 0 Å². The zero-order chi connectivity index (χ0) is 37.4. The number of halogens is 20. The van der Waals surface area contributed by atoms with E-state index in [1.165, 1.54) is 0 Å². The molecule has 0 bridgehead atoms. The van der Waals surface area contributed by atoms with Gasteiger partial charge >= 0.3 is 0 Å². The molecule has 0 aromatic carbocycles. The van der Waals surface area contributed by atoms with Crippen molar-refractivity contribution in [2.45, 2.75) is 0 Å². The summed E-state index contributed by atoms with van der Waals surface area (Å²) in [6, 6.07) is 0. The summed E-state index contributed by atoms with van der Waals surface area (Å²) in [5, 5.41) is 4.00. The molecule has 0 spiro atoms. The Balaban J connectivity index is 5.36. The molecule has 47 heavy (non-hydrogen) atoms. The van der Waals surface area contributed by atoms with Crippen LogP contribution in [0.3, 0.4) is 0 Å². The molecular formula is H5B24I20N3. The fourth-order valence-corrected chi connectivity index (χ4v) is 31.0. The van der Waals surface area contributed by atoms with Gasteiger partial charge in [0.2, 0.25) is 0 Å². The normalized spacial score (nSPS) is 10.2. The monoisotopic (exact) mass is 2850 g/mol. The second-order valence-electron chi connectivity index (χ2n) is 10.1. The molecular weight excluding hydrogens is 2840 g/mol. The minimum absolute atomic E-state index is 0.108. The van der Waals surface area contributed by atoms with Crippen molar-refractivity contribution in [1.29, 1.82) is 0 Å². The Kier molecular flexibility index (Phi) is 45.0. The van der Waals surface area contributed by atoms with E-state index in [9.17, 15) is 0 Å². The predicted octanol–water partition coefficient (Wildman–Crippen LogP) is 6.90. The molecule has 0 aromatic rings. The second-order valence-corrected chi connectivity index (χ2v) is 38.7. The SMILES string of the molecule is [B]B(I)B(I)B(I)B(I)B(N)B(I)B(I)B(I)B(I)B(I)B(I)NB(I)B(I)B(I)B(I)B(I)B(I)B(N)B(I)B(I)B(I)B([B])I. The van der Waals surface area contributed by atoms with Crippen LogP contribution in [0.15, 0.2) is 0 Å². The van der Waals surface area contributed by atoms with Crippen LogP contribution in [-0.2, 0) is 0 Å². The summed E-state index contributed by atoms with van der Waals surface area (Å²) in [6.07, 6.45) is 0. The highest BCUT2D eigenvalue weighted by atomic mass is 127. The van der Waals surface area contributed by atoms with Gasteiger partial charge in [-0.2, -0.15) is 403 Å². The highest BCUT2D eigenvalue weighted by molar-refractivity contribution is 14.2. The summed E-state index contributed by atoms with van der Waals surface area (Å²) in [7, 11) is 12.4. The van der Waals surface area contributed by atoms with Crippen LogP contribution in [0.2, 0.25) is 0 Å². The quantitative estimate of drug-likeness (QED) is 0.0818. The molecule has 0 aliphatic rings.